The molecule has 0 bridgehead atoms. The molecule has 2 N–H and O–H groups in total. The molecule has 1 aromatic rings. The summed E-state index contributed by atoms with van der Waals surface area (Å²) in [6.45, 7) is 5.88. The summed E-state index contributed by atoms with van der Waals surface area (Å²) in [6, 6.07) is 8.19. The molecule has 2 atom stereocenters. The number of carbonyl (C=O) groups is 1. The van der Waals surface area contributed by atoms with Crippen molar-refractivity contribution in [2.24, 2.45) is 11.7 Å². The number of carbonyl (C=O) groups excluding carboxylic acids is 1. The fourth-order valence-electron chi connectivity index (χ4n) is 3.69. The third-order valence-electron chi connectivity index (χ3n) is 4.98. The highest BCUT2D eigenvalue weighted by atomic mass is 16.5. The molecule has 126 valence electrons. The minimum Gasteiger partial charge on any atom is -0.492 e. The first-order valence-corrected chi connectivity index (χ1v) is 8.72. The number of anilines is 1. The monoisotopic (exact) mass is 317 g/mol. The van der Waals surface area contributed by atoms with Crippen LogP contribution in [0.5, 0.6) is 5.75 Å². The van der Waals surface area contributed by atoms with Crippen molar-refractivity contribution in [1.82, 2.24) is 4.90 Å². The van der Waals surface area contributed by atoms with Gasteiger partial charge in [0.25, 0.3) is 0 Å². The molecule has 23 heavy (non-hydrogen) atoms. The van der Waals surface area contributed by atoms with Crippen LogP contribution < -0.4 is 15.4 Å². The van der Waals surface area contributed by atoms with Gasteiger partial charge >= 0.3 is 0 Å². The van der Waals surface area contributed by atoms with Gasteiger partial charge in [-0.15, -0.1) is 0 Å². The Morgan fingerprint density at radius 3 is 2.61 bits per heavy atom. The summed E-state index contributed by atoms with van der Waals surface area (Å²) in [6.07, 6.45) is 3.02. The molecule has 0 spiro atoms. The van der Waals surface area contributed by atoms with Crippen LogP contribution in [-0.2, 0) is 4.79 Å². The van der Waals surface area contributed by atoms with Crippen LogP contribution in [0.1, 0.15) is 26.2 Å². The lowest BCUT2D eigenvalue weighted by Crippen LogP contribution is -2.52. The van der Waals surface area contributed by atoms with Gasteiger partial charge in [0.15, 0.2) is 0 Å². The number of nitrogens with two attached hydrogens (primary N) is 1. The number of rotatable bonds is 4. The highest BCUT2D eigenvalue weighted by molar-refractivity contribution is 5.80. The van der Waals surface area contributed by atoms with Gasteiger partial charge in [0.2, 0.25) is 5.91 Å². The molecule has 1 aliphatic heterocycles. The van der Waals surface area contributed by atoms with Crippen LogP contribution in [-0.4, -0.2) is 49.6 Å². The highest BCUT2D eigenvalue weighted by Crippen LogP contribution is 2.30. The van der Waals surface area contributed by atoms with E-state index in [1.165, 1.54) is 0 Å². The molecule has 5 heteroatoms. The molecular formula is C18H27N3O2. The van der Waals surface area contributed by atoms with Gasteiger partial charge in [-0.3, -0.25) is 4.79 Å². The molecule has 0 aromatic heterocycles. The standard InChI is InChI=1S/C18H27N3O2/c1-2-23-17-9-4-3-8-16(17)20-10-12-21(13-11-20)18(22)14-6-5-7-15(14)19/h3-4,8-9,14-15H,2,5-7,10-13,19H2,1H3/t14-,15-/m0/s1. The van der Waals surface area contributed by atoms with E-state index in [4.69, 9.17) is 10.5 Å². The summed E-state index contributed by atoms with van der Waals surface area (Å²) in [5.41, 5.74) is 7.21. The maximum atomic E-state index is 12.6. The van der Waals surface area contributed by atoms with Crippen LogP contribution in [0.3, 0.4) is 0 Å². The van der Waals surface area contributed by atoms with Crippen molar-refractivity contribution in [3.05, 3.63) is 24.3 Å². The number of hydrogen-bond donors (Lipinski definition) is 1. The number of piperazine rings is 1. The number of benzene rings is 1. The molecule has 1 aliphatic carbocycles. The summed E-state index contributed by atoms with van der Waals surface area (Å²) in [7, 11) is 0. The van der Waals surface area contributed by atoms with Gasteiger partial charge in [-0.2, -0.15) is 0 Å². The van der Waals surface area contributed by atoms with Gasteiger partial charge in [-0.05, 0) is 31.9 Å². The Morgan fingerprint density at radius 2 is 1.96 bits per heavy atom. The van der Waals surface area contributed by atoms with Gasteiger partial charge in [0, 0.05) is 32.2 Å². The van der Waals surface area contributed by atoms with Crippen LogP contribution in [0.15, 0.2) is 24.3 Å². The third-order valence-corrected chi connectivity index (χ3v) is 4.98. The Morgan fingerprint density at radius 1 is 1.22 bits per heavy atom. The summed E-state index contributed by atoms with van der Waals surface area (Å²) in [4.78, 5) is 16.9. The van der Waals surface area contributed by atoms with E-state index in [-0.39, 0.29) is 17.9 Å². The topological polar surface area (TPSA) is 58.8 Å². The molecule has 5 nitrogen and oxygen atoms in total. The molecule has 3 rings (SSSR count). The summed E-state index contributed by atoms with van der Waals surface area (Å²) < 4.78 is 5.72. The lowest BCUT2D eigenvalue weighted by molar-refractivity contribution is -0.136. The fraction of sp³-hybridized carbons (Fsp3) is 0.611. The molecule has 0 unspecified atom stereocenters. The SMILES string of the molecule is CCOc1ccccc1N1CCN(C(=O)[C@H]2CCC[C@@H]2N)CC1. The first-order chi connectivity index (χ1) is 11.2. The minimum atomic E-state index is 0.0391. The van der Waals surface area contributed by atoms with Crippen LogP contribution in [0, 0.1) is 5.92 Å². The second-order valence-corrected chi connectivity index (χ2v) is 6.41. The van der Waals surface area contributed by atoms with E-state index in [2.05, 4.69) is 11.0 Å². The van der Waals surface area contributed by atoms with E-state index in [9.17, 15) is 4.79 Å². The van der Waals surface area contributed by atoms with Crippen molar-refractivity contribution in [2.75, 3.05) is 37.7 Å². The first-order valence-electron chi connectivity index (χ1n) is 8.72. The molecular weight excluding hydrogens is 290 g/mol. The van der Waals surface area contributed by atoms with Gasteiger partial charge in [-0.25, -0.2) is 0 Å². The number of hydrogen-bond acceptors (Lipinski definition) is 4. The maximum absolute atomic E-state index is 12.6. The lowest BCUT2D eigenvalue weighted by Gasteiger charge is -2.38. The van der Waals surface area contributed by atoms with Crippen LogP contribution in [0.25, 0.3) is 0 Å². The summed E-state index contributed by atoms with van der Waals surface area (Å²) >= 11 is 0. The Balaban J connectivity index is 1.61. The summed E-state index contributed by atoms with van der Waals surface area (Å²) in [5, 5.41) is 0. The zero-order valence-corrected chi connectivity index (χ0v) is 13.9. The molecule has 1 saturated carbocycles. The van der Waals surface area contributed by atoms with Gasteiger partial charge < -0.3 is 20.3 Å². The Labute approximate surface area is 138 Å². The largest absolute Gasteiger partial charge is 0.492 e. The van der Waals surface area contributed by atoms with Gasteiger partial charge in [-0.1, -0.05) is 18.6 Å². The molecule has 1 saturated heterocycles. The molecule has 2 fully saturated rings. The maximum Gasteiger partial charge on any atom is 0.227 e. The van der Waals surface area contributed by atoms with E-state index in [1.807, 2.05) is 30.0 Å². The molecule has 0 radical (unpaired) electrons. The van der Waals surface area contributed by atoms with Gasteiger partial charge in [0.05, 0.1) is 18.2 Å². The third kappa shape index (κ3) is 3.44. The van der Waals surface area contributed by atoms with E-state index in [0.29, 0.717) is 6.61 Å². The first kappa shape index (κ1) is 16.1. The summed E-state index contributed by atoms with van der Waals surface area (Å²) in [5.74, 6) is 1.22. The molecule has 1 amide bonds. The quantitative estimate of drug-likeness (QED) is 0.921. The van der Waals surface area contributed by atoms with Crippen molar-refractivity contribution in [3.63, 3.8) is 0 Å². The molecule has 1 heterocycles. The predicted molar refractivity (Wildman–Crippen MR) is 91.7 cm³/mol. The average molecular weight is 317 g/mol. The van der Waals surface area contributed by atoms with E-state index >= 15 is 0 Å². The van der Waals surface area contributed by atoms with E-state index < -0.39 is 0 Å². The van der Waals surface area contributed by atoms with E-state index in [1.54, 1.807) is 0 Å². The second-order valence-electron chi connectivity index (χ2n) is 6.41. The van der Waals surface area contributed by atoms with Crippen molar-refractivity contribution in [1.29, 1.82) is 0 Å². The van der Waals surface area contributed by atoms with Crippen molar-refractivity contribution >= 4 is 11.6 Å². The van der Waals surface area contributed by atoms with Gasteiger partial charge in [0.1, 0.15) is 5.75 Å². The minimum absolute atomic E-state index is 0.0391. The smallest absolute Gasteiger partial charge is 0.227 e. The van der Waals surface area contributed by atoms with Crippen LogP contribution in [0.4, 0.5) is 5.69 Å². The Kier molecular flexibility index (Phi) is 5.06. The van der Waals surface area contributed by atoms with Crippen LogP contribution >= 0.6 is 0 Å². The van der Waals surface area contributed by atoms with Crippen molar-refractivity contribution < 1.29 is 9.53 Å². The highest BCUT2D eigenvalue weighted by Gasteiger charge is 2.34. The molecule has 1 aromatic carbocycles. The lowest BCUT2D eigenvalue weighted by atomic mass is 10.0. The zero-order chi connectivity index (χ0) is 16.2. The Bertz CT molecular complexity index is 541. The fourth-order valence-corrected chi connectivity index (χ4v) is 3.69. The van der Waals surface area contributed by atoms with Crippen molar-refractivity contribution in [2.45, 2.75) is 32.2 Å². The number of nitrogens with zero attached hydrogens (tertiary/aromatic N) is 2. The predicted octanol–water partition coefficient (Wildman–Crippen LogP) is 1.86. The molecule has 2 aliphatic rings. The normalized spacial score (nSPS) is 24.8. The number of ether oxygens (including phenoxy) is 1. The van der Waals surface area contributed by atoms with Crippen LogP contribution in [0.2, 0.25) is 0 Å². The average Bonchev–Trinajstić information content (AvgIpc) is 3.01. The second kappa shape index (κ2) is 7.21. The number of amides is 1. The Hall–Kier alpha value is -1.75. The van der Waals surface area contributed by atoms with E-state index in [0.717, 1.165) is 56.9 Å². The zero-order valence-electron chi connectivity index (χ0n) is 13.9. The number of para-hydroxylation sites is 2. The van der Waals surface area contributed by atoms with Crippen molar-refractivity contribution in [3.8, 4) is 5.75 Å².